The first-order valence-electron chi connectivity index (χ1n) is 6.91. The fraction of sp³-hybridized carbons (Fsp3) is 0.438. The third-order valence-electron chi connectivity index (χ3n) is 2.73. The number of benzene rings is 1. The summed E-state index contributed by atoms with van der Waals surface area (Å²) in [7, 11) is 1.41. The van der Waals surface area contributed by atoms with Crippen LogP contribution >= 0.6 is 0 Å². The Morgan fingerprint density at radius 3 is 2.24 bits per heavy atom. The van der Waals surface area contributed by atoms with E-state index in [9.17, 15) is 4.79 Å². The van der Waals surface area contributed by atoms with E-state index in [4.69, 9.17) is 18.6 Å². The van der Waals surface area contributed by atoms with Crippen molar-refractivity contribution in [3.8, 4) is 17.2 Å². The van der Waals surface area contributed by atoms with Gasteiger partial charge in [0.25, 0.3) is 0 Å². The zero-order valence-electron chi connectivity index (χ0n) is 12.9. The quantitative estimate of drug-likeness (QED) is 0.791. The van der Waals surface area contributed by atoms with Crippen LogP contribution in [0.3, 0.4) is 0 Å². The van der Waals surface area contributed by atoms with Crippen molar-refractivity contribution in [1.29, 1.82) is 0 Å². The van der Waals surface area contributed by atoms with Crippen molar-refractivity contribution >= 4 is 11.0 Å². The van der Waals surface area contributed by atoms with Crippen molar-refractivity contribution in [2.24, 2.45) is 0 Å². The zero-order valence-corrected chi connectivity index (χ0v) is 12.9. The molecule has 5 heteroatoms. The summed E-state index contributed by atoms with van der Waals surface area (Å²) in [6.07, 6.45) is -0.128. The molecular weight excluding hydrogens is 272 g/mol. The van der Waals surface area contributed by atoms with Crippen LogP contribution in [0, 0.1) is 0 Å². The normalized spacial score (nSPS) is 11.2. The van der Waals surface area contributed by atoms with Gasteiger partial charge in [-0.15, -0.1) is 0 Å². The summed E-state index contributed by atoms with van der Waals surface area (Å²) in [6, 6.07) is 5.29. The highest BCUT2D eigenvalue weighted by molar-refractivity contribution is 5.91. The summed E-state index contributed by atoms with van der Waals surface area (Å²) in [5, 5.41) is 0.608. The van der Waals surface area contributed by atoms with Crippen LogP contribution in [0.5, 0.6) is 17.2 Å². The van der Waals surface area contributed by atoms with E-state index in [2.05, 4.69) is 0 Å². The number of methoxy groups -OCH3 is 1. The lowest BCUT2D eigenvalue weighted by molar-refractivity contribution is 0.224. The van der Waals surface area contributed by atoms with Gasteiger partial charge in [0.05, 0.1) is 19.3 Å². The highest BCUT2D eigenvalue weighted by Crippen LogP contribution is 2.39. The molecule has 21 heavy (non-hydrogen) atoms. The van der Waals surface area contributed by atoms with Gasteiger partial charge in [0.2, 0.25) is 5.75 Å². The Labute approximate surface area is 123 Å². The van der Waals surface area contributed by atoms with Crippen molar-refractivity contribution < 1.29 is 18.6 Å². The molecule has 114 valence electrons. The van der Waals surface area contributed by atoms with Gasteiger partial charge in [-0.2, -0.15) is 0 Å². The molecule has 0 spiro atoms. The minimum atomic E-state index is -0.567. The van der Waals surface area contributed by atoms with Crippen LogP contribution in [-0.2, 0) is 0 Å². The number of rotatable bonds is 5. The van der Waals surface area contributed by atoms with Gasteiger partial charge < -0.3 is 18.6 Å². The van der Waals surface area contributed by atoms with Gasteiger partial charge in [0.15, 0.2) is 5.75 Å². The summed E-state index contributed by atoms with van der Waals surface area (Å²) in [4.78, 5) is 12.0. The first kappa shape index (κ1) is 15.2. The summed E-state index contributed by atoms with van der Waals surface area (Å²) in [6.45, 7) is 7.62. The molecule has 0 saturated heterocycles. The molecule has 0 amide bonds. The van der Waals surface area contributed by atoms with E-state index in [0.29, 0.717) is 22.5 Å². The molecule has 1 heterocycles. The van der Waals surface area contributed by atoms with Crippen LogP contribution in [0.4, 0.5) is 0 Å². The topological polar surface area (TPSA) is 57.9 Å². The second-order valence-electron chi connectivity index (χ2n) is 5.21. The van der Waals surface area contributed by atoms with Crippen LogP contribution in [0.25, 0.3) is 11.0 Å². The highest BCUT2D eigenvalue weighted by atomic mass is 16.5. The number of hydrogen-bond acceptors (Lipinski definition) is 5. The molecule has 0 unspecified atom stereocenters. The number of fused-ring (bicyclic) bond motifs is 1. The van der Waals surface area contributed by atoms with Gasteiger partial charge in [0, 0.05) is 0 Å². The molecule has 0 fully saturated rings. The van der Waals surface area contributed by atoms with Gasteiger partial charge in [-0.1, -0.05) is 6.07 Å². The SMILES string of the molecule is COc1c(OC(C)C)c2c(OC(C)C)cccc2oc1=O. The molecule has 0 N–H and O–H groups in total. The van der Waals surface area contributed by atoms with Gasteiger partial charge >= 0.3 is 5.63 Å². The van der Waals surface area contributed by atoms with E-state index in [1.54, 1.807) is 12.1 Å². The lowest BCUT2D eigenvalue weighted by Crippen LogP contribution is -2.13. The van der Waals surface area contributed by atoms with Crippen LogP contribution in [0.1, 0.15) is 27.7 Å². The molecule has 2 aromatic rings. The summed E-state index contributed by atoms with van der Waals surface area (Å²) in [5.41, 5.74) is -0.156. The lowest BCUT2D eigenvalue weighted by Gasteiger charge is -2.18. The molecule has 5 nitrogen and oxygen atoms in total. The van der Waals surface area contributed by atoms with E-state index < -0.39 is 5.63 Å². The molecule has 0 saturated carbocycles. The molecule has 0 radical (unpaired) electrons. The number of hydrogen-bond donors (Lipinski definition) is 0. The molecular formula is C16H20O5. The first-order chi connectivity index (χ1) is 9.93. The average molecular weight is 292 g/mol. The van der Waals surface area contributed by atoms with Crippen molar-refractivity contribution in [3.05, 3.63) is 28.6 Å². The standard InChI is InChI=1S/C16H20O5/c1-9(2)19-11-7-6-8-12-13(11)14(20-10(3)4)15(18-5)16(17)21-12/h6-10H,1-5H3. The van der Waals surface area contributed by atoms with Gasteiger partial charge in [-0.3, -0.25) is 0 Å². The third kappa shape index (κ3) is 3.12. The monoisotopic (exact) mass is 292 g/mol. The first-order valence-corrected chi connectivity index (χ1v) is 6.91. The van der Waals surface area contributed by atoms with Gasteiger partial charge in [-0.25, -0.2) is 4.79 Å². The maximum Gasteiger partial charge on any atom is 0.383 e. The molecule has 0 aliphatic heterocycles. The fourth-order valence-electron chi connectivity index (χ4n) is 2.05. The summed E-state index contributed by atoms with van der Waals surface area (Å²) in [5.74, 6) is 1.01. The van der Waals surface area contributed by atoms with E-state index in [-0.39, 0.29) is 18.0 Å². The Morgan fingerprint density at radius 2 is 1.67 bits per heavy atom. The summed E-state index contributed by atoms with van der Waals surface area (Å²) < 4.78 is 22.0. The fourth-order valence-corrected chi connectivity index (χ4v) is 2.05. The molecule has 1 aromatic carbocycles. The van der Waals surface area contributed by atoms with Crippen molar-refractivity contribution in [1.82, 2.24) is 0 Å². The molecule has 0 aliphatic rings. The van der Waals surface area contributed by atoms with E-state index in [1.165, 1.54) is 7.11 Å². The average Bonchev–Trinajstić information content (AvgIpc) is 2.37. The predicted octanol–water partition coefficient (Wildman–Crippen LogP) is 3.38. The highest BCUT2D eigenvalue weighted by Gasteiger charge is 2.21. The van der Waals surface area contributed by atoms with Crippen molar-refractivity contribution in [2.45, 2.75) is 39.9 Å². The Balaban J connectivity index is 2.80. The Kier molecular flexibility index (Phi) is 4.40. The van der Waals surface area contributed by atoms with Crippen LogP contribution in [-0.4, -0.2) is 19.3 Å². The smallest absolute Gasteiger partial charge is 0.383 e. The van der Waals surface area contributed by atoms with Gasteiger partial charge in [0.1, 0.15) is 16.7 Å². The van der Waals surface area contributed by atoms with Crippen LogP contribution < -0.4 is 19.8 Å². The Bertz CT molecular complexity index is 685. The van der Waals surface area contributed by atoms with E-state index >= 15 is 0 Å². The van der Waals surface area contributed by atoms with Gasteiger partial charge in [-0.05, 0) is 39.8 Å². The molecule has 0 aliphatic carbocycles. The molecule has 2 rings (SSSR count). The second kappa shape index (κ2) is 6.08. The summed E-state index contributed by atoms with van der Waals surface area (Å²) >= 11 is 0. The van der Waals surface area contributed by atoms with Crippen LogP contribution in [0.15, 0.2) is 27.4 Å². The van der Waals surface area contributed by atoms with Crippen LogP contribution in [0.2, 0.25) is 0 Å². The lowest BCUT2D eigenvalue weighted by atomic mass is 10.2. The minimum Gasteiger partial charge on any atom is -0.490 e. The largest absolute Gasteiger partial charge is 0.490 e. The second-order valence-corrected chi connectivity index (χ2v) is 5.21. The van der Waals surface area contributed by atoms with E-state index in [0.717, 1.165) is 0 Å². The zero-order chi connectivity index (χ0) is 15.6. The Morgan fingerprint density at radius 1 is 1.00 bits per heavy atom. The molecule has 1 aromatic heterocycles. The molecule has 0 bridgehead atoms. The predicted molar refractivity (Wildman–Crippen MR) is 80.6 cm³/mol. The Hall–Kier alpha value is -2.17. The molecule has 0 atom stereocenters. The van der Waals surface area contributed by atoms with Crippen molar-refractivity contribution in [2.75, 3.05) is 7.11 Å². The maximum atomic E-state index is 12.0. The maximum absolute atomic E-state index is 12.0. The van der Waals surface area contributed by atoms with E-state index in [1.807, 2.05) is 33.8 Å². The minimum absolute atomic E-state index is 0.0135. The number of ether oxygens (including phenoxy) is 3. The van der Waals surface area contributed by atoms with Crippen molar-refractivity contribution in [3.63, 3.8) is 0 Å². The third-order valence-corrected chi connectivity index (χ3v) is 2.73.